The second kappa shape index (κ2) is 8.11. The summed E-state index contributed by atoms with van der Waals surface area (Å²) >= 11 is 0. The van der Waals surface area contributed by atoms with Gasteiger partial charge in [0.15, 0.2) is 0 Å². The van der Waals surface area contributed by atoms with Crippen LogP contribution in [0.15, 0.2) is 30.5 Å². The number of para-hydroxylation sites is 1. The van der Waals surface area contributed by atoms with Crippen LogP contribution in [0.25, 0.3) is 10.9 Å². The molecule has 0 spiro atoms. The number of aromatic nitrogens is 1. The molecule has 1 aromatic carbocycles. The smallest absolute Gasteiger partial charge is 0.0483 e. The van der Waals surface area contributed by atoms with Gasteiger partial charge in [0, 0.05) is 23.6 Å². The highest BCUT2D eigenvalue weighted by Crippen LogP contribution is 2.23. The van der Waals surface area contributed by atoms with Gasteiger partial charge < -0.3 is 9.88 Å². The molecule has 0 radical (unpaired) electrons. The van der Waals surface area contributed by atoms with Crippen molar-refractivity contribution in [1.29, 1.82) is 0 Å². The Balaban J connectivity index is 2.04. The lowest BCUT2D eigenvalue weighted by Crippen LogP contribution is -2.13. The van der Waals surface area contributed by atoms with Gasteiger partial charge in [0.05, 0.1) is 0 Å². The molecule has 20 heavy (non-hydrogen) atoms. The number of fused-ring (bicyclic) bond motifs is 1. The quantitative estimate of drug-likeness (QED) is 0.671. The molecular formula is C18H28N2. The normalized spacial score (nSPS) is 11.3. The van der Waals surface area contributed by atoms with Gasteiger partial charge in [-0.3, -0.25) is 0 Å². The first-order chi connectivity index (χ1) is 9.86. The lowest BCUT2D eigenvalue weighted by atomic mass is 10.1. The van der Waals surface area contributed by atoms with Gasteiger partial charge in [0.1, 0.15) is 0 Å². The molecule has 0 aliphatic heterocycles. The average Bonchev–Trinajstić information content (AvgIpc) is 2.83. The Kier molecular flexibility index (Phi) is 6.13. The SMILES string of the molecule is CCCCn1cc(CCCCNCC)c2ccccc21. The molecular weight excluding hydrogens is 244 g/mol. The monoisotopic (exact) mass is 272 g/mol. The van der Waals surface area contributed by atoms with Crippen LogP contribution in [0.1, 0.15) is 45.1 Å². The van der Waals surface area contributed by atoms with Gasteiger partial charge in [-0.1, -0.05) is 38.5 Å². The summed E-state index contributed by atoms with van der Waals surface area (Å²) in [5.41, 5.74) is 2.93. The van der Waals surface area contributed by atoms with Gasteiger partial charge in [-0.15, -0.1) is 0 Å². The molecule has 0 saturated heterocycles. The Morgan fingerprint density at radius 1 is 1.05 bits per heavy atom. The summed E-state index contributed by atoms with van der Waals surface area (Å²) in [4.78, 5) is 0. The Bertz CT molecular complexity index is 513. The first-order valence-electron chi connectivity index (χ1n) is 8.14. The van der Waals surface area contributed by atoms with E-state index >= 15 is 0 Å². The molecule has 1 heterocycles. The van der Waals surface area contributed by atoms with E-state index in [2.05, 4.69) is 54.2 Å². The molecule has 2 heteroatoms. The lowest BCUT2D eigenvalue weighted by molar-refractivity contribution is 0.634. The predicted molar refractivity (Wildman–Crippen MR) is 88.3 cm³/mol. The fraction of sp³-hybridized carbons (Fsp3) is 0.556. The van der Waals surface area contributed by atoms with Crippen LogP contribution < -0.4 is 5.32 Å². The highest BCUT2D eigenvalue weighted by Gasteiger charge is 2.07. The first-order valence-corrected chi connectivity index (χ1v) is 8.14. The van der Waals surface area contributed by atoms with Crippen molar-refractivity contribution in [3.8, 4) is 0 Å². The van der Waals surface area contributed by atoms with Crippen molar-refractivity contribution in [2.24, 2.45) is 0 Å². The van der Waals surface area contributed by atoms with Crippen molar-refractivity contribution in [3.63, 3.8) is 0 Å². The van der Waals surface area contributed by atoms with Crippen molar-refractivity contribution in [2.45, 2.75) is 52.5 Å². The van der Waals surface area contributed by atoms with E-state index in [1.54, 1.807) is 0 Å². The van der Waals surface area contributed by atoms with Crippen LogP contribution in [0.3, 0.4) is 0 Å². The number of unbranched alkanes of at least 4 members (excludes halogenated alkanes) is 2. The zero-order valence-corrected chi connectivity index (χ0v) is 13.0. The van der Waals surface area contributed by atoms with Crippen LogP contribution in [0.5, 0.6) is 0 Å². The van der Waals surface area contributed by atoms with Crippen LogP contribution >= 0.6 is 0 Å². The van der Waals surface area contributed by atoms with Crippen molar-refractivity contribution in [2.75, 3.05) is 13.1 Å². The van der Waals surface area contributed by atoms with E-state index in [0.29, 0.717) is 0 Å². The molecule has 0 aliphatic rings. The van der Waals surface area contributed by atoms with Crippen molar-refractivity contribution in [3.05, 3.63) is 36.0 Å². The average molecular weight is 272 g/mol. The predicted octanol–water partition coefficient (Wildman–Crippen LogP) is 4.37. The minimum Gasteiger partial charge on any atom is -0.347 e. The topological polar surface area (TPSA) is 17.0 Å². The summed E-state index contributed by atoms with van der Waals surface area (Å²) in [6.45, 7) is 7.80. The third kappa shape index (κ3) is 3.86. The summed E-state index contributed by atoms with van der Waals surface area (Å²) in [6.07, 6.45) is 8.64. The van der Waals surface area contributed by atoms with Gasteiger partial charge in [0.25, 0.3) is 0 Å². The van der Waals surface area contributed by atoms with Crippen LogP contribution in [0.2, 0.25) is 0 Å². The lowest BCUT2D eigenvalue weighted by Gasteiger charge is -2.02. The van der Waals surface area contributed by atoms with Gasteiger partial charge >= 0.3 is 0 Å². The molecule has 2 rings (SSSR count). The summed E-state index contributed by atoms with van der Waals surface area (Å²) in [6, 6.07) is 8.85. The molecule has 0 unspecified atom stereocenters. The molecule has 0 fully saturated rings. The van der Waals surface area contributed by atoms with E-state index in [0.717, 1.165) is 19.6 Å². The Hall–Kier alpha value is -1.28. The molecule has 0 aliphatic carbocycles. The van der Waals surface area contributed by atoms with E-state index in [1.807, 2.05) is 0 Å². The van der Waals surface area contributed by atoms with Gasteiger partial charge in [-0.25, -0.2) is 0 Å². The number of hydrogen-bond acceptors (Lipinski definition) is 1. The van der Waals surface area contributed by atoms with Gasteiger partial charge in [-0.2, -0.15) is 0 Å². The fourth-order valence-corrected chi connectivity index (χ4v) is 2.78. The molecule has 2 nitrogen and oxygen atoms in total. The summed E-state index contributed by atoms with van der Waals surface area (Å²) in [5.74, 6) is 0. The van der Waals surface area contributed by atoms with E-state index in [9.17, 15) is 0 Å². The molecule has 0 saturated carbocycles. The molecule has 2 aromatic rings. The minimum atomic E-state index is 1.08. The fourth-order valence-electron chi connectivity index (χ4n) is 2.78. The second-order valence-corrected chi connectivity index (χ2v) is 5.53. The van der Waals surface area contributed by atoms with Gasteiger partial charge in [0.2, 0.25) is 0 Å². The summed E-state index contributed by atoms with van der Waals surface area (Å²) in [7, 11) is 0. The van der Waals surface area contributed by atoms with Crippen LogP contribution in [0, 0.1) is 0 Å². The van der Waals surface area contributed by atoms with Crippen molar-refractivity contribution < 1.29 is 0 Å². The van der Waals surface area contributed by atoms with Crippen molar-refractivity contribution >= 4 is 10.9 Å². The number of hydrogen-bond donors (Lipinski definition) is 1. The number of nitrogens with zero attached hydrogens (tertiary/aromatic N) is 1. The standard InChI is InChI=1S/C18H28N2/c1-3-5-14-20-15-16(10-8-9-13-19-4-2)17-11-6-7-12-18(17)20/h6-7,11-12,15,19H,3-5,8-10,13-14H2,1-2H3. The first kappa shape index (κ1) is 15.1. The summed E-state index contributed by atoms with van der Waals surface area (Å²) in [5, 5.41) is 4.85. The van der Waals surface area contributed by atoms with Crippen LogP contribution in [-0.2, 0) is 13.0 Å². The number of aryl methyl sites for hydroxylation is 2. The van der Waals surface area contributed by atoms with E-state index in [1.165, 1.54) is 48.6 Å². The highest BCUT2D eigenvalue weighted by atomic mass is 15.0. The third-order valence-corrected chi connectivity index (χ3v) is 3.92. The van der Waals surface area contributed by atoms with Gasteiger partial charge in [-0.05, 0) is 50.4 Å². The molecule has 0 atom stereocenters. The highest BCUT2D eigenvalue weighted by molar-refractivity contribution is 5.83. The Morgan fingerprint density at radius 3 is 2.70 bits per heavy atom. The maximum Gasteiger partial charge on any atom is 0.0483 e. The number of rotatable bonds is 9. The third-order valence-electron chi connectivity index (χ3n) is 3.92. The van der Waals surface area contributed by atoms with Crippen LogP contribution in [-0.4, -0.2) is 17.7 Å². The molecule has 0 bridgehead atoms. The molecule has 0 amide bonds. The van der Waals surface area contributed by atoms with E-state index in [4.69, 9.17) is 0 Å². The number of benzene rings is 1. The second-order valence-electron chi connectivity index (χ2n) is 5.53. The zero-order valence-electron chi connectivity index (χ0n) is 13.0. The Labute approximate surface area is 123 Å². The Morgan fingerprint density at radius 2 is 1.90 bits per heavy atom. The molecule has 1 aromatic heterocycles. The maximum atomic E-state index is 3.40. The maximum absolute atomic E-state index is 3.40. The van der Waals surface area contributed by atoms with Crippen LogP contribution in [0.4, 0.5) is 0 Å². The summed E-state index contributed by atoms with van der Waals surface area (Å²) < 4.78 is 2.44. The molecule has 110 valence electrons. The van der Waals surface area contributed by atoms with E-state index in [-0.39, 0.29) is 0 Å². The largest absolute Gasteiger partial charge is 0.347 e. The zero-order chi connectivity index (χ0) is 14.2. The van der Waals surface area contributed by atoms with E-state index < -0.39 is 0 Å². The number of nitrogens with one attached hydrogen (secondary N) is 1. The minimum absolute atomic E-state index is 1.08. The van der Waals surface area contributed by atoms with Crippen molar-refractivity contribution in [1.82, 2.24) is 9.88 Å². The molecule has 1 N–H and O–H groups in total.